The Balaban J connectivity index is 2.30. The van der Waals surface area contributed by atoms with Gasteiger partial charge in [-0.25, -0.2) is 4.79 Å². The van der Waals surface area contributed by atoms with Crippen LogP contribution in [0.4, 0.5) is 0 Å². The van der Waals surface area contributed by atoms with Crippen LogP contribution in [0.15, 0.2) is 36.5 Å². The van der Waals surface area contributed by atoms with Gasteiger partial charge < -0.3 is 9.84 Å². The molecule has 0 aliphatic rings. The lowest BCUT2D eigenvalue weighted by Gasteiger charge is -2.19. The van der Waals surface area contributed by atoms with E-state index in [9.17, 15) is 4.79 Å². The number of hydrogen-bond acceptors (Lipinski definition) is 3. The number of pyridine rings is 1. The Labute approximate surface area is 124 Å². The Bertz CT molecular complexity index is 655. The van der Waals surface area contributed by atoms with Gasteiger partial charge in [-0.05, 0) is 30.0 Å². The van der Waals surface area contributed by atoms with E-state index in [1.807, 2.05) is 24.3 Å². The van der Waals surface area contributed by atoms with Crippen LogP contribution in [-0.2, 0) is 5.41 Å². The molecule has 21 heavy (non-hydrogen) atoms. The van der Waals surface area contributed by atoms with Crippen molar-refractivity contribution in [1.82, 2.24) is 4.98 Å². The number of ether oxygens (including phenoxy) is 1. The molecule has 0 bridgehead atoms. The third-order valence-electron chi connectivity index (χ3n) is 3.18. The molecular formula is C17H19NO3. The number of benzene rings is 1. The van der Waals surface area contributed by atoms with Crippen molar-refractivity contribution in [2.75, 3.05) is 0 Å². The average molecular weight is 285 g/mol. The molecule has 0 spiro atoms. The first-order chi connectivity index (χ1) is 9.77. The smallest absolute Gasteiger partial charge is 0.341 e. The summed E-state index contributed by atoms with van der Waals surface area (Å²) >= 11 is 0. The molecule has 1 heterocycles. The van der Waals surface area contributed by atoms with E-state index in [0.717, 1.165) is 0 Å². The SMILES string of the molecule is Cc1cc(Oc2ccc(C(C)(C)C)cc2)c(C(=O)O)cn1. The van der Waals surface area contributed by atoms with Crippen LogP contribution in [0.5, 0.6) is 11.5 Å². The van der Waals surface area contributed by atoms with Crippen LogP contribution in [0.2, 0.25) is 0 Å². The number of aryl methyl sites for hydroxylation is 1. The summed E-state index contributed by atoms with van der Waals surface area (Å²) in [6.07, 6.45) is 1.32. The van der Waals surface area contributed by atoms with E-state index in [-0.39, 0.29) is 11.0 Å². The van der Waals surface area contributed by atoms with Crippen molar-refractivity contribution in [3.63, 3.8) is 0 Å². The van der Waals surface area contributed by atoms with Crippen LogP contribution in [0.3, 0.4) is 0 Å². The Morgan fingerprint density at radius 1 is 1.19 bits per heavy atom. The third-order valence-corrected chi connectivity index (χ3v) is 3.18. The predicted molar refractivity (Wildman–Crippen MR) is 81.1 cm³/mol. The van der Waals surface area contributed by atoms with Crippen molar-refractivity contribution >= 4 is 5.97 Å². The first-order valence-electron chi connectivity index (χ1n) is 6.76. The van der Waals surface area contributed by atoms with Crippen molar-refractivity contribution in [1.29, 1.82) is 0 Å². The second-order valence-corrected chi connectivity index (χ2v) is 6.00. The highest BCUT2D eigenvalue weighted by molar-refractivity contribution is 5.90. The topological polar surface area (TPSA) is 59.4 Å². The molecule has 1 aromatic carbocycles. The summed E-state index contributed by atoms with van der Waals surface area (Å²) < 4.78 is 5.70. The zero-order valence-electron chi connectivity index (χ0n) is 12.7. The van der Waals surface area contributed by atoms with Crippen molar-refractivity contribution in [2.45, 2.75) is 33.1 Å². The van der Waals surface area contributed by atoms with Gasteiger partial charge in [0.05, 0.1) is 0 Å². The largest absolute Gasteiger partial charge is 0.477 e. The van der Waals surface area contributed by atoms with Gasteiger partial charge >= 0.3 is 5.97 Å². The summed E-state index contributed by atoms with van der Waals surface area (Å²) in [5, 5.41) is 9.17. The molecule has 0 aliphatic carbocycles. The van der Waals surface area contributed by atoms with Gasteiger partial charge in [-0.3, -0.25) is 4.98 Å². The van der Waals surface area contributed by atoms with Gasteiger partial charge in [-0.1, -0.05) is 32.9 Å². The number of nitrogens with zero attached hydrogens (tertiary/aromatic N) is 1. The van der Waals surface area contributed by atoms with Gasteiger partial charge in [0.25, 0.3) is 0 Å². The Kier molecular flexibility index (Phi) is 3.98. The number of hydrogen-bond donors (Lipinski definition) is 1. The van der Waals surface area contributed by atoms with Crippen molar-refractivity contribution in [3.8, 4) is 11.5 Å². The molecule has 0 atom stereocenters. The zero-order valence-corrected chi connectivity index (χ0v) is 12.7. The van der Waals surface area contributed by atoms with Gasteiger partial charge in [-0.2, -0.15) is 0 Å². The van der Waals surface area contributed by atoms with E-state index in [4.69, 9.17) is 9.84 Å². The molecule has 110 valence electrons. The van der Waals surface area contributed by atoms with E-state index in [1.54, 1.807) is 13.0 Å². The summed E-state index contributed by atoms with van der Waals surface area (Å²) in [6, 6.07) is 9.30. The van der Waals surface area contributed by atoms with Gasteiger partial charge in [0.1, 0.15) is 17.1 Å². The molecule has 0 fully saturated rings. The highest BCUT2D eigenvalue weighted by atomic mass is 16.5. The first kappa shape index (κ1) is 15.0. The van der Waals surface area contributed by atoms with Crippen molar-refractivity contribution in [2.24, 2.45) is 0 Å². The van der Waals surface area contributed by atoms with Crippen LogP contribution in [0.1, 0.15) is 42.4 Å². The van der Waals surface area contributed by atoms with Crippen LogP contribution >= 0.6 is 0 Å². The van der Waals surface area contributed by atoms with Crippen molar-refractivity contribution < 1.29 is 14.6 Å². The first-order valence-corrected chi connectivity index (χ1v) is 6.76. The Hall–Kier alpha value is -2.36. The number of carbonyl (C=O) groups is 1. The summed E-state index contributed by atoms with van der Waals surface area (Å²) in [5.74, 6) is -0.140. The Morgan fingerprint density at radius 2 is 1.81 bits per heavy atom. The molecule has 0 radical (unpaired) electrons. The summed E-state index contributed by atoms with van der Waals surface area (Å²) in [5.41, 5.74) is 2.03. The molecule has 4 nitrogen and oxygen atoms in total. The second-order valence-electron chi connectivity index (χ2n) is 6.00. The molecule has 0 unspecified atom stereocenters. The van der Waals surface area contributed by atoms with Crippen LogP contribution < -0.4 is 4.74 Å². The predicted octanol–water partition coefficient (Wildman–Crippen LogP) is 4.18. The fourth-order valence-corrected chi connectivity index (χ4v) is 1.93. The minimum Gasteiger partial charge on any atom is -0.477 e. The van der Waals surface area contributed by atoms with Crippen molar-refractivity contribution in [3.05, 3.63) is 53.3 Å². The standard InChI is InChI=1S/C17H19NO3/c1-11-9-15(14(10-18-11)16(19)20)21-13-7-5-12(6-8-13)17(2,3)4/h5-10H,1-4H3,(H,19,20). The van der Waals surface area contributed by atoms with E-state index < -0.39 is 5.97 Å². The highest BCUT2D eigenvalue weighted by Crippen LogP contribution is 2.28. The molecule has 0 saturated heterocycles. The zero-order chi connectivity index (χ0) is 15.6. The van der Waals surface area contributed by atoms with Crippen LogP contribution in [0.25, 0.3) is 0 Å². The molecule has 1 N–H and O–H groups in total. The maximum Gasteiger partial charge on any atom is 0.341 e. The summed E-state index contributed by atoms with van der Waals surface area (Å²) in [4.78, 5) is 15.2. The number of aromatic nitrogens is 1. The molecule has 0 saturated carbocycles. The lowest BCUT2D eigenvalue weighted by atomic mass is 9.87. The summed E-state index contributed by atoms with van der Waals surface area (Å²) in [6.45, 7) is 8.20. The third kappa shape index (κ3) is 3.60. The molecule has 2 aromatic rings. The lowest BCUT2D eigenvalue weighted by molar-refractivity contribution is 0.0693. The normalized spacial score (nSPS) is 11.2. The maximum atomic E-state index is 11.2. The van der Waals surface area contributed by atoms with E-state index in [0.29, 0.717) is 17.2 Å². The van der Waals surface area contributed by atoms with Gasteiger partial charge in [0, 0.05) is 18.0 Å². The van der Waals surface area contributed by atoms with E-state index in [1.165, 1.54) is 11.8 Å². The quantitative estimate of drug-likeness (QED) is 0.919. The fraction of sp³-hybridized carbons (Fsp3) is 0.294. The van der Waals surface area contributed by atoms with Gasteiger partial charge in [0.2, 0.25) is 0 Å². The molecular weight excluding hydrogens is 266 g/mol. The minimum absolute atomic E-state index is 0.0560. The fourth-order valence-electron chi connectivity index (χ4n) is 1.93. The molecule has 0 aliphatic heterocycles. The summed E-state index contributed by atoms with van der Waals surface area (Å²) in [7, 11) is 0. The van der Waals surface area contributed by atoms with Crippen LogP contribution in [-0.4, -0.2) is 16.1 Å². The average Bonchev–Trinajstić information content (AvgIpc) is 2.38. The number of carboxylic acids is 1. The molecule has 0 amide bonds. The highest BCUT2D eigenvalue weighted by Gasteiger charge is 2.15. The maximum absolute atomic E-state index is 11.2. The van der Waals surface area contributed by atoms with E-state index in [2.05, 4.69) is 25.8 Å². The molecule has 2 rings (SSSR count). The lowest BCUT2D eigenvalue weighted by Crippen LogP contribution is -2.10. The number of aromatic carboxylic acids is 1. The molecule has 4 heteroatoms. The second kappa shape index (κ2) is 5.56. The Morgan fingerprint density at radius 3 is 2.33 bits per heavy atom. The number of rotatable bonds is 3. The van der Waals surface area contributed by atoms with Crippen LogP contribution in [0, 0.1) is 6.92 Å². The van der Waals surface area contributed by atoms with E-state index >= 15 is 0 Å². The number of carboxylic acid groups (broad SMARTS) is 1. The van der Waals surface area contributed by atoms with Gasteiger partial charge in [-0.15, -0.1) is 0 Å². The van der Waals surface area contributed by atoms with Gasteiger partial charge in [0.15, 0.2) is 0 Å². The monoisotopic (exact) mass is 285 g/mol. The minimum atomic E-state index is -1.05. The molecule has 1 aromatic heterocycles.